The van der Waals surface area contributed by atoms with E-state index in [0.717, 1.165) is 5.56 Å². The van der Waals surface area contributed by atoms with E-state index in [1.54, 1.807) is 18.3 Å². The molecule has 0 spiro atoms. The molecule has 0 aliphatic carbocycles. The Morgan fingerprint density at radius 1 is 1.43 bits per heavy atom. The summed E-state index contributed by atoms with van der Waals surface area (Å²) in [6.45, 7) is -0.0977. The molecule has 21 heavy (non-hydrogen) atoms. The van der Waals surface area contributed by atoms with Crippen molar-refractivity contribution >= 4 is 5.91 Å². The van der Waals surface area contributed by atoms with Crippen LogP contribution in [0, 0.1) is 18.8 Å². The van der Waals surface area contributed by atoms with Gasteiger partial charge in [-0.3, -0.25) is 4.79 Å². The van der Waals surface area contributed by atoms with Gasteiger partial charge in [0, 0.05) is 11.1 Å². The van der Waals surface area contributed by atoms with Gasteiger partial charge in [0.2, 0.25) is 0 Å². The summed E-state index contributed by atoms with van der Waals surface area (Å²) in [4.78, 5) is 11.7. The molecule has 2 N–H and O–H groups in total. The number of halogens is 4. The molecule has 0 unspecified atom stereocenters. The third-order valence-corrected chi connectivity index (χ3v) is 2.61. The predicted octanol–water partition coefficient (Wildman–Crippen LogP) is 1.97. The Labute approximate surface area is 119 Å². The van der Waals surface area contributed by atoms with Crippen LogP contribution < -0.4 is 5.32 Å². The van der Waals surface area contributed by atoms with Crippen LogP contribution in [-0.2, 0) is 0 Å². The molecule has 0 saturated carbocycles. The second-order valence-electron chi connectivity index (χ2n) is 4.23. The fourth-order valence-electron chi connectivity index (χ4n) is 1.41. The zero-order chi connectivity index (χ0) is 16.0. The molecule has 0 radical (unpaired) electrons. The van der Waals surface area contributed by atoms with Crippen LogP contribution in [-0.4, -0.2) is 36.5 Å². The SMILES string of the molecule is Cc1ccc(C(=O)NCC(F)(F)C(F)F)cc1C#CCO. The van der Waals surface area contributed by atoms with Crippen LogP contribution >= 0.6 is 0 Å². The quantitative estimate of drug-likeness (QED) is 0.660. The van der Waals surface area contributed by atoms with Gasteiger partial charge in [0.15, 0.2) is 0 Å². The van der Waals surface area contributed by atoms with Gasteiger partial charge >= 0.3 is 12.3 Å². The fraction of sp³-hybridized carbons (Fsp3) is 0.357. The number of aliphatic hydroxyl groups excluding tert-OH is 1. The largest absolute Gasteiger partial charge is 0.384 e. The van der Waals surface area contributed by atoms with Crippen molar-refractivity contribution in [2.24, 2.45) is 0 Å². The van der Waals surface area contributed by atoms with E-state index in [-0.39, 0.29) is 12.2 Å². The van der Waals surface area contributed by atoms with Gasteiger partial charge < -0.3 is 10.4 Å². The number of benzene rings is 1. The first kappa shape index (κ1) is 17.0. The van der Waals surface area contributed by atoms with Gasteiger partial charge in [-0.15, -0.1) is 0 Å². The Morgan fingerprint density at radius 2 is 2.10 bits per heavy atom. The summed E-state index contributed by atoms with van der Waals surface area (Å²) >= 11 is 0. The molecule has 7 heteroatoms. The van der Waals surface area contributed by atoms with Crippen LogP contribution in [0.15, 0.2) is 18.2 Å². The average molecular weight is 303 g/mol. The first-order valence-corrected chi connectivity index (χ1v) is 5.92. The van der Waals surface area contributed by atoms with Gasteiger partial charge in [-0.05, 0) is 24.6 Å². The predicted molar refractivity (Wildman–Crippen MR) is 68.4 cm³/mol. The van der Waals surface area contributed by atoms with Gasteiger partial charge in [-0.2, -0.15) is 8.78 Å². The zero-order valence-corrected chi connectivity index (χ0v) is 11.1. The monoisotopic (exact) mass is 303 g/mol. The number of aryl methyl sites for hydroxylation is 1. The van der Waals surface area contributed by atoms with Crippen molar-refractivity contribution in [3.63, 3.8) is 0 Å². The van der Waals surface area contributed by atoms with Gasteiger partial charge in [0.05, 0.1) is 6.54 Å². The molecule has 0 heterocycles. The van der Waals surface area contributed by atoms with Crippen LogP contribution in [0.3, 0.4) is 0 Å². The minimum atomic E-state index is -4.28. The number of rotatable bonds is 4. The number of nitrogens with one attached hydrogen (secondary N) is 1. The number of carbonyl (C=O) groups excluding carboxylic acids is 1. The number of hydrogen-bond donors (Lipinski definition) is 2. The molecular formula is C14H13F4NO2. The van der Waals surface area contributed by atoms with E-state index < -0.39 is 24.8 Å². The second-order valence-corrected chi connectivity index (χ2v) is 4.23. The molecule has 0 saturated heterocycles. The van der Waals surface area contributed by atoms with E-state index in [2.05, 4.69) is 11.8 Å². The maximum atomic E-state index is 12.7. The van der Waals surface area contributed by atoms with E-state index in [0.29, 0.717) is 5.56 Å². The molecule has 1 rings (SSSR count). The maximum Gasteiger partial charge on any atom is 0.324 e. The van der Waals surface area contributed by atoms with Crippen molar-refractivity contribution in [1.29, 1.82) is 0 Å². The van der Waals surface area contributed by atoms with E-state index >= 15 is 0 Å². The third kappa shape index (κ3) is 4.76. The highest BCUT2D eigenvalue weighted by atomic mass is 19.3. The summed E-state index contributed by atoms with van der Waals surface area (Å²) in [5, 5.41) is 10.4. The number of carbonyl (C=O) groups is 1. The molecule has 0 aliphatic heterocycles. The number of amides is 1. The lowest BCUT2D eigenvalue weighted by molar-refractivity contribution is -0.123. The highest BCUT2D eigenvalue weighted by Crippen LogP contribution is 2.21. The third-order valence-electron chi connectivity index (χ3n) is 2.61. The number of aliphatic hydroxyl groups is 1. The van der Waals surface area contributed by atoms with E-state index in [1.807, 2.05) is 0 Å². The van der Waals surface area contributed by atoms with Gasteiger partial charge in [-0.25, -0.2) is 8.78 Å². The standard InChI is InChI=1S/C14H13F4NO2/c1-9-4-5-11(7-10(9)3-2-6-20)12(21)19-8-14(17,18)13(15)16/h4-5,7,13,20H,6,8H2,1H3,(H,19,21). The molecule has 1 aromatic carbocycles. The summed E-state index contributed by atoms with van der Waals surface area (Å²) in [6.07, 6.45) is -3.85. The van der Waals surface area contributed by atoms with Crippen LogP contribution in [0.5, 0.6) is 0 Å². The molecule has 0 atom stereocenters. The first-order valence-electron chi connectivity index (χ1n) is 5.92. The highest BCUT2D eigenvalue weighted by Gasteiger charge is 2.40. The maximum absolute atomic E-state index is 12.7. The molecule has 3 nitrogen and oxygen atoms in total. The minimum Gasteiger partial charge on any atom is -0.384 e. The molecule has 114 valence electrons. The van der Waals surface area contributed by atoms with Crippen molar-refractivity contribution in [1.82, 2.24) is 5.32 Å². The van der Waals surface area contributed by atoms with Crippen LogP contribution in [0.25, 0.3) is 0 Å². The Morgan fingerprint density at radius 3 is 2.67 bits per heavy atom. The van der Waals surface area contributed by atoms with Crippen LogP contribution in [0.1, 0.15) is 21.5 Å². The van der Waals surface area contributed by atoms with Crippen molar-refractivity contribution < 1.29 is 27.5 Å². The van der Waals surface area contributed by atoms with Crippen LogP contribution in [0.4, 0.5) is 17.6 Å². The van der Waals surface area contributed by atoms with Crippen molar-refractivity contribution in [2.45, 2.75) is 19.3 Å². The van der Waals surface area contributed by atoms with E-state index in [4.69, 9.17) is 5.11 Å². The van der Waals surface area contributed by atoms with Gasteiger partial charge in [0.25, 0.3) is 5.91 Å². The van der Waals surface area contributed by atoms with Crippen LogP contribution in [0.2, 0.25) is 0 Å². The fourth-order valence-corrected chi connectivity index (χ4v) is 1.41. The normalized spacial score (nSPS) is 11.0. The molecule has 1 amide bonds. The summed E-state index contributed by atoms with van der Waals surface area (Å²) in [7, 11) is 0. The Hall–Kier alpha value is -2.07. The molecule has 0 aliphatic rings. The number of hydrogen-bond acceptors (Lipinski definition) is 2. The zero-order valence-electron chi connectivity index (χ0n) is 11.1. The van der Waals surface area contributed by atoms with E-state index in [1.165, 1.54) is 12.1 Å². The Balaban J connectivity index is 2.84. The highest BCUT2D eigenvalue weighted by molar-refractivity contribution is 5.94. The molecule has 0 aromatic heterocycles. The lowest BCUT2D eigenvalue weighted by Crippen LogP contribution is -2.41. The summed E-state index contributed by atoms with van der Waals surface area (Å²) in [5.74, 6) is -0.181. The topological polar surface area (TPSA) is 49.3 Å². The van der Waals surface area contributed by atoms with Gasteiger partial charge in [-0.1, -0.05) is 17.9 Å². The second kappa shape index (κ2) is 7.09. The lowest BCUT2D eigenvalue weighted by Gasteiger charge is -2.15. The van der Waals surface area contributed by atoms with Crippen molar-refractivity contribution in [3.8, 4) is 11.8 Å². The summed E-state index contributed by atoms with van der Waals surface area (Å²) < 4.78 is 49.4. The van der Waals surface area contributed by atoms with Gasteiger partial charge in [0.1, 0.15) is 6.61 Å². The molecule has 1 aromatic rings. The summed E-state index contributed by atoms with van der Waals surface area (Å²) in [5.41, 5.74) is 1.19. The smallest absolute Gasteiger partial charge is 0.324 e. The summed E-state index contributed by atoms with van der Waals surface area (Å²) in [6, 6.07) is 4.25. The lowest BCUT2D eigenvalue weighted by atomic mass is 10.0. The van der Waals surface area contributed by atoms with Crippen molar-refractivity contribution in [3.05, 3.63) is 34.9 Å². The molecule has 0 fully saturated rings. The molecule has 0 bridgehead atoms. The minimum absolute atomic E-state index is 0.0212. The van der Waals surface area contributed by atoms with Crippen molar-refractivity contribution in [2.75, 3.05) is 13.2 Å². The Bertz CT molecular complexity index is 576. The molecular weight excluding hydrogens is 290 g/mol. The number of alkyl halides is 4. The first-order chi connectivity index (χ1) is 9.77. The average Bonchev–Trinajstić information content (AvgIpc) is 2.43. The Kier molecular flexibility index (Phi) is 5.73. The van der Waals surface area contributed by atoms with E-state index in [9.17, 15) is 22.4 Å².